The molecular weight excluding hydrogens is 396 g/mol. The third kappa shape index (κ3) is 4.49. The van der Waals surface area contributed by atoms with Crippen LogP contribution < -0.4 is 5.32 Å². The number of thiophene rings is 1. The quantitative estimate of drug-likeness (QED) is 0.374. The van der Waals surface area contributed by atoms with Gasteiger partial charge in [0, 0.05) is 6.07 Å². The van der Waals surface area contributed by atoms with E-state index in [9.17, 15) is 19.7 Å². The van der Waals surface area contributed by atoms with Crippen molar-refractivity contribution < 1.29 is 19.2 Å². The first-order valence-electron chi connectivity index (χ1n) is 8.60. The maximum absolute atomic E-state index is 12.2. The molecule has 0 aliphatic rings. The van der Waals surface area contributed by atoms with Crippen LogP contribution in [0.4, 0.5) is 10.7 Å². The van der Waals surface area contributed by atoms with Crippen LogP contribution in [0.5, 0.6) is 0 Å². The number of benzene rings is 1. The Morgan fingerprint density at radius 3 is 2.48 bits per heavy atom. The molecule has 0 radical (unpaired) electrons. The number of carbonyl (C=O) groups excluding carboxylic acids is 2. The molecule has 9 nitrogen and oxygen atoms in total. The maximum atomic E-state index is 12.2. The minimum atomic E-state index is -0.790. The van der Waals surface area contributed by atoms with Gasteiger partial charge in [-0.25, -0.2) is 9.48 Å². The standard InChI is InChI=1S/C19H18N4O5S/c1-11-4-6-14(7-5-11)22-13(3)18(12(2)21-22)20-16(24)10-28-19(25)15-8-9-17(29-15)23(26)27/h4-9H,10H2,1-3H3,(H,20,24). The summed E-state index contributed by atoms with van der Waals surface area (Å²) in [5, 5.41) is 17.7. The number of nitro groups is 1. The van der Waals surface area contributed by atoms with E-state index in [2.05, 4.69) is 10.4 Å². The Morgan fingerprint density at radius 2 is 1.86 bits per heavy atom. The van der Waals surface area contributed by atoms with Crippen molar-refractivity contribution in [1.29, 1.82) is 0 Å². The predicted octanol–water partition coefficient (Wildman–Crippen LogP) is 3.56. The fourth-order valence-electron chi connectivity index (χ4n) is 2.67. The van der Waals surface area contributed by atoms with Crippen LogP contribution in [0.25, 0.3) is 5.69 Å². The first-order chi connectivity index (χ1) is 13.8. The van der Waals surface area contributed by atoms with Crippen LogP contribution in [0.1, 0.15) is 26.6 Å². The van der Waals surface area contributed by atoms with Crippen molar-refractivity contribution in [1.82, 2.24) is 9.78 Å². The molecule has 0 saturated heterocycles. The van der Waals surface area contributed by atoms with Gasteiger partial charge >= 0.3 is 11.0 Å². The van der Waals surface area contributed by atoms with Crippen LogP contribution in [0.15, 0.2) is 36.4 Å². The fraction of sp³-hybridized carbons (Fsp3) is 0.211. The highest BCUT2D eigenvalue weighted by Gasteiger charge is 2.19. The van der Waals surface area contributed by atoms with E-state index in [-0.39, 0.29) is 9.88 Å². The molecule has 150 valence electrons. The number of carbonyl (C=O) groups is 2. The van der Waals surface area contributed by atoms with Crippen molar-refractivity contribution in [2.45, 2.75) is 20.8 Å². The minimum Gasteiger partial charge on any atom is -0.451 e. The Bertz CT molecular complexity index is 1080. The second kappa shape index (κ2) is 8.23. The molecule has 0 atom stereocenters. The number of anilines is 1. The van der Waals surface area contributed by atoms with Crippen LogP contribution >= 0.6 is 11.3 Å². The lowest BCUT2D eigenvalue weighted by Gasteiger charge is -2.08. The Hall–Kier alpha value is -3.53. The number of ether oxygens (including phenoxy) is 1. The second-order valence-electron chi connectivity index (χ2n) is 6.31. The number of rotatable bonds is 6. The molecule has 0 unspecified atom stereocenters. The molecule has 0 saturated carbocycles. The van der Waals surface area contributed by atoms with Crippen molar-refractivity contribution in [2.75, 3.05) is 11.9 Å². The summed E-state index contributed by atoms with van der Waals surface area (Å²) in [5.41, 5.74) is 3.89. The van der Waals surface area contributed by atoms with Crippen molar-refractivity contribution in [3.05, 3.63) is 68.3 Å². The Kier molecular flexibility index (Phi) is 5.74. The summed E-state index contributed by atoms with van der Waals surface area (Å²) in [4.78, 5) is 34.3. The lowest BCUT2D eigenvalue weighted by atomic mass is 10.2. The number of hydrogen-bond acceptors (Lipinski definition) is 7. The van der Waals surface area contributed by atoms with Crippen LogP contribution in [0.3, 0.4) is 0 Å². The van der Waals surface area contributed by atoms with Gasteiger partial charge in [-0.05, 0) is 39.0 Å². The molecule has 3 aromatic rings. The van der Waals surface area contributed by atoms with E-state index in [1.54, 1.807) is 11.6 Å². The molecule has 1 N–H and O–H groups in total. The van der Waals surface area contributed by atoms with E-state index in [1.807, 2.05) is 38.1 Å². The number of amides is 1. The summed E-state index contributed by atoms with van der Waals surface area (Å²) in [6.07, 6.45) is 0. The van der Waals surface area contributed by atoms with Crippen LogP contribution in [0.2, 0.25) is 0 Å². The van der Waals surface area contributed by atoms with E-state index in [1.165, 1.54) is 12.1 Å². The Balaban J connectivity index is 1.65. The van der Waals surface area contributed by atoms with Gasteiger partial charge in [0.2, 0.25) is 0 Å². The summed E-state index contributed by atoms with van der Waals surface area (Å²) in [5.74, 6) is -1.32. The highest BCUT2D eigenvalue weighted by molar-refractivity contribution is 7.17. The zero-order chi connectivity index (χ0) is 21.1. The average molecular weight is 414 g/mol. The van der Waals surface area contributed by atoms with Gasteiger partial charge in [0.25, 0.3) is 5.91 Å². The lowest BCUT2D eigenvalue weighted by molar-refractivity contribution is -0.380. The number of esters is 1. The van der Waals surface area contributed by atoms with Gasteiger partial charge < -0.3 is 10.1 Å². The van der Waals surface area contributed by atoms with Crippen molar-refractivity contribution in [2.24, 2.45) is 0 Å². The van der Waals surface area contributed by atoms with E-state index in [4.69, 9.17) is 4.74 Å². The maximum Gasteiger partial charge on any atom is 0.349 e. The average Bonchev–Trinajstić information content (AvgIpc) is 3.28. The zero-order valence-electron chi connectivity index (χ0n) is 16.0. The smallest absolute Gasteiger partial charge is 0.349 e. The van der Waals surface area contributed by atoms with Gasteiger partial charge in [0.15, 0.2) is 6.61 Å². The van der Waals surface area contributed by atoms with Crippen molar-refractivity contribution >= 4 is 33.9 Å². The molecule has 2 aromatic heterocycles. The molecule has 0 aliphatic heterocycles. The van der Waals surface area contributed by atoms with E-state index >= 15 is 0 Å². The van der Waals surface area contributed by atoms with Gasteiger partial charge in [-0.2, -0.15) is 5.10 Å². The molecular formula is C19H18N4O5S. The van der Waals surface area contributed by atoms with Crippen LogP contribution in [-0.2, 0) is 9.53 Å². The lowest BCUT2D eigenvalue weighted by Crippen LogP contribution is -2.21. The Morgan fingerprint density at radius 1 is 1.17 bits per heavy atom. The third-order valence-electron chi connectivity index (χ3n) is 4.14. The molecule has 1 aromatic carbocycles. The second-order valence-corrected chi connectivity index (χ2v) is 7.37. The predicted molar refractivity (Wildman–Crippen MR) is 108 cm³/mol. The molecule has 0 spiro atoms. The van der Waals surface area contributed by atoms with E-state index < -0.39 is 23.4 Å². The van der Waals surface area contributed by atoms with Gasteiger partial charge in [-0.1, -0.05) is 29.0 Å². The van der Waals surface area contributed by atoms with Crippen molar-refractivity contribution in [3.63, 3.8) is 0 Å². The van der Waals surface area contributed by atoms with Gasteiger partial charge in [0.1, 0.15) is 4.88 Å². The molecule has 10 heteroatoms. The summed E-state index contributed by atoms with van der Waals surface area (Å²) in [6.45, 7) is 5.07. The third-order valence-corrected chi connectivity index (χ3v) is 5.16. The zero-order valence-corrected chi connectivity index (χ0v) is 16.8. The molecule has 1 amide bonds. The van der Waals surface area contributed by atoms with Gasteiger partial charge in [0.05, 0.1) is 27.7 Å². The summed E-state index contributed by atoms with van der Waals surface area (Å²) >= 11 is 0.693. The molecule has 0 bridgehead atoms. The molecule has 29 heavy (non-hydrogen) atoms. The molecule has 2 heterocycles. The molecule has 0 aliphatic carbocycles. The number of nitrogens with one attached hydrogen (secondary N) is 1. The van der Waals surface area contributed by atoms with Crippen molar-refractivity contribution in [3.8, 4) is 5.69 Å². The molecule has 0 fully saturated rings. The van der Waals surface area contributed by atoms with E-state index in [0.29, 0.717) is 22.7 Å². The Labute approximate surface area is 170 Å². The SMILES string of the molecule is Cc1ccc(-n2nc(C)c(NC(=O)COC(=O)c3ccc([N+](=O)[O-])s3)c2C)cc1. The highest BCUT2D eigenvalue weighted by Crippen LogP contribution is 2.25. The summed E-state index contributed by atoms with van der Waals surface area (Å²) in [7, 11) is 0. The number of aromatic nitrogens is 2. The first-order valence-corrected chi connectivity index (χ1v) is 9.42. The largest absolute Gasteiger partial charge is 0.451 e. The van der Waals surface area contributed by atoms with Crippen LogP contribution in [-0.4, -0.2) is 33.2 Å². The summed E-state index contributed by atoms with van der Waals surface area (Å²) in [6, 6.07) is 10.3. The minimum absolute atomic E-state index is 0.0593. The number of nitrogens with zero attached hydrogens (tertiary/aromatic N) is 3. The molecule has 3 rings (SSSR count). The summed E-state index contributed by atoms with van der Waals surface area (Å²) < 4.78 is 6.67. The number of hydrogen-bond donors (Lipinski definition) is 1. The van der Waals surface area contributed by atoms with Gasteiger partial charge in [-0.3, -0.25) is 14.9 Å². The monoisotopic (exact) mass is 414 g/mol. The van der Waals surface area contributed by atoms with Crippen LogP contribution in [0, 0.1) is 30.9 Å². The van der Waals surface area contributed by atoms with E-state index in [0.717, 1.165) is 16.9 Å². The number of aryl methyl sites for hydroxylation is 2. The normalized spacial score (nSPS) is 10.6. The first kappa shape index (κ1) is 20.2. The highest BCUT2D eigenvalue weighted by atomic mass is 32.1. The topological polar surface area (TPSA) is 116 Å². The fourth-order valence-corrected chi connectivity index (χ4v) is 3.39. The van der Waals surface area contributed by atoms with Gasteiger partial charge in [-0.15, -0.1) is 0 Å².